The van der Waals surface area contributed by atoms with Gasteiger partial charge in [-0.3, -0.25) is 4.79 Å². The molecule has 1 atom stereocenters. The van der Waals surface area contributed by atoms with Gasteiger partial charge >= 0.3 is 0 Å². The Morgan fingerprint density at radius 2 is 2.30 bits per heavy atom. The maximum absolute atomic E-state index is 10.9. The van der Waals surface area contributed by atoms with Crippen LogP contribution in [0.1, 0.15) is 30.2 Å². The van der Waals surface area contributed by atoms with Crippen LogP contribution in [0.4, 0.5) is 0 Å². The lowest BCUT2D eigenvalue weighted by Crippen LogP contribution is -2.43. The first-order chi connectivity index (χ1) is 9.56. The van der Waals surface area contributed by atoms with Crippen LogP contribution in [0, 0.1) is 0 Å². The van der Waals surface area contributed by atoms with E-state index in [0.29, 0.717) is 24.9 Å². The lowest BCUT2D eigenvalue weighted by molar-refractivity contribution is 0.0972. The molecule has 0 spiro atoms. The molecule has 1 aromatic heterocycles. The number of amides is 1. The van der Waals surface area contributed by atoms with E-state index in [2.05, 4.69) is 15.6 Å². The molecule has 0 aromatic carbocycles. The number of nitrogens with two attached hydrogens (primary N) is 1. The van der Waals surface area contributed by atoms with Crippen molar-refractivity contribution >= 4 is 11.9 Å². The van der Waals surface area contributed by atoms with Gasteiger partial charge < -0.3 is 25.5 Å². The van der Waals surface area contributed by atoms with Crippen LogP contribution in [0.15, 0.2) is 21.5 Å². The fourth-order valence-electron chi connectivity index (χ4n) is 1.60. The summed E-state index contributed by atoms with van der Waals surface area (Å²) in [5.41, 5.74) is 5.12. The zero-order valence-corrected chi connectivity index (χ0v) is 12.1. The predicted molar refractivity (Wildman–Crippen MR) is 76.5 cm³/mol. The fourth-order valence-corrected chi connectivity index (χ4v) is 1.60. The quantitative estimate of drug-likeness (QED) is 0.498. The summed E-state index contributed by atoms with van der Waals surface area (Å²) in [6, 6.07) is 3.36. The minimum Gasteiger partial charge on any atom is -0.454 e. The molecule has 1 aromatic rings. The Bertz CT molecular complexity index is 456. The maximum atomic E-state index is 10.9. The highest BCUT2D eigenvalue weighted by molar-refractivity contribution is 5.89. The Hall–Kier alpha value is -2.02. The van der Waals surface area contributed by atoms with Gasteiger partial charge in [-0.25, -0.2) is 4.99 Å². The van der Waals surface area contributed by atoms with Crippen molar-refractivity contribution < 1.29 is 13.9 Å². The summed E-state index contributed by atoms with van der Waals surface area (Å²) in [6.45, 7) is 5.63. The minimum absolute atomic E-state index is 0.135. The lowest BCUT2D eigenvalue weighted by Gasteiger charge is -2.16. The highest BCUT2D eigenvalue weighted by Gasteiger charge is 2.08. The van der Waals surface area contributed by atoms with Gasteiger partial charge in [0, 0.05) is 19.7 Å². The first-order valence-electron chi connectivity index (χ1n) is 6.49. The second-order valence-electron chi connectivity index (χ2n) is 4.33. The van der Waals surface area contributed by atoms with E-state index in [9.17, 15) is 4.79 Å². The first kappa shape index (κ1) is 16.0. The summed E-state index contributed by atoms with van der Waals surface area (Å²) in [5.74, 6) is 0.796. The number of nitrogens with zero attached hydrogens (tertiary/aromatic N) is 1. The molecule has 4 N–H and O–H groups in total. The van der Waals surface area contributed by atoms with Gasteiger partial charge in [-0.1, -0.05) is 0 Å². The molecule has 1 heterocycles. The fraction of sp³-hybridized carbons (Fsp3) is 0.538. The molecule has 20 heavy (non-hydrogen) atoms. The molecule has 0 saturated carbocycles. The molecule has 1 rings (SSSR count). The largest absolute Gasteiger partial charge is 0.454 e. The lowest BCUT2D eigenvalue weighted by atomic mass is 10.4. The molecule has 0 fully saturated rings. The summed E-state index contributed by atoms with van der Waals surface area (Å²) in [6.07, 6.45) is 0. The molecule has 112 valence electrons. The number of carbonyl (C=O) groups excluding carboxylic acids is 1. The molecule has 0 aliphatic heterocycles. The molecule has 0 radical (unpaired) electrons. The van der Waals surface area contributed by atoms with Gasteiger partial charge in [-0.2, -0.15) is 0 Å². The Labute approximate surface area is 118 Å². The number of hydrogen-bond donors (Lipinski definition) is 3. The molecule has 7 heteroatoms. The van der Waals surface area contributed by atoms with Crippen molar-refractivity contribution in [3.05, 3.63) is 23.7 Å². The van der Waals surface area contributed by atoms with Gasteiger partial charge in [-0.15, -0.1) is 0 Å². The van der Waals surface area contributed by atoms with Gasteiger partial charge in [-0.05, 0) is 26.0 Å². The minimum atomic E-state index is -0.584. The van der Waals surface area contributed by atoms with Crippen LogP contribution < -0.4 is 16.4 Å². The Balaban J connectivity index is 2.63. The van der Waals surface area contributed by atoms with Gasteiger partial charge in [0.2, 0.25) is 0 Å². The van der Waals surface area contributed by atoms with Crippen molar-refractivity contribution in [2.75, 3.05) is 20.3 Å². The number of ether oxygens (including phenoxy) is 1. The van der Waals surface area contributed by atoms with E-state index in [1.165, 1.54) is 0 Å². The highest BCUT2D eigenvalue weighted by atomic mass is 16.5. The predicted octanol–water partition coefficient (Wildman–Crippen LogP) is 0.469. The number of nitrogens with one attached hydrogen (secondary N) is 2. The van der Waals surface area contributed by atoms with Crippen LogP contribution in [0.5, 0.6) is 0 Å². The average molecular weight is 282 g/mol. The summed E-state index contributed by atoms with van der Waals surface area (Å²) in [5, 5.41) is 6.32. The number of methoxy groups -OCH3 is 1. The highest BCUT2D eigenvalue weighted by Crippen LogP contribution is 2.08. The van der Waals surface area contributed by atoms with E-state index < -0.39 is 5.91 Å². The van der Waals surface area contributed by atoms with Gasteiger partial charge in [0.15, 0.2) is 11.7 Å². The SMILES string of the molecule is CCNC(=NCc1ccc(C(N)=O)o1)NC(C)COC. The van der Waals surface area contributed by atoms with Crippen molar-refractivity contribution in [2.45, 2.75) is 26.4 Å². The maximum Gasteiger partial charge on any atom is 0.284 e. The number of carbonyl (C=O) groups is 1. The standard InChI is InChI=1S/C13H22N4O3/c1-4-15-13(17-9(2)8-19-3)16-7-10-5-6-11(20-10)12(14)18/h5-6,9H,4,7-8H2,1-3H3,(H2,14,18)(H2,15,16,17). The van der Waals surface area contributed by atoms with Gasteiger partial charge in [0.1, 0.15) is 12.3 Å². The summed E-state index contributed by atoms with van der Waals surface area (Å²) >= 11 is 0. The van der Waals surface area contributed by atoms with E-state index in [1.807, 2.05) is 13.8 Å². The average Bonchev–Trinajstić information content (AvgIpc) is 2.85. The molecule has 0 saturated heterocycles. The second kappa shape index (κ2) is 8.21. The van der Waals surface area contributed by atoms with Crippen molar-refractivity contribution in [2.24, 2.45) is 10.7 Å². The Morgan fingerprint density at radius 1 is 1.55 bits per heavy atom. The molecule has 1 unspecified atom stereocenters. The Morgan fingerprint density at radius 3 is 2.85 bits per heavy atom. The topological polar surface area (TPSA) is 102 Å². The molecule has 0 aliphatic carbocycles. The van der Waals surface area contributed by atoms with E-state index in [-0.39, 0.29) is 11.8 Å². The van der Waals surface area contributed by atoms with Crippen LogP contribution in [0.3, 0.4) is 0 Å². The van der Waals surface area contributed by atoms with E-state index in [4.69, 9.17) is 14.9 Å². The third kappa shape index (κ3) is 5.31. The van der Waals surface area contributed by atoms with Crippen LogP contribution in [-0.2, 0) is 11.3 Å². The zero-order valence-electron chi connectivity index (χ0n) is 12.1. The first-order valence-corrected chi connectivity index (χ1v) is 6.49. The molecule has 1 amide bonds. The molecule has 0 bridgehead atoms. The van der Waals surface area contributed by atoms with Crippen LogP contribution in [-0.4, -0.2) is 38.2 Å². The molecular weight excluding hydrogens is 260 g/mol. The third-order valence-electron chi connectivity index (χ3n) is 2.44. The number of rotatable bonds is 7. The van der Waals surface area contributed by atoms with Gasteiger partial charge in [0.05, 0.1) is 6.61 Å². The van der Waals surface area contributed by atoms with E-state index in [0.717, 1.165) is 6.54 Å². The van der Waals surface area contributed by atoms with Crippen LogP contribution >= 0.6 is 0 Å². The number of aliphatic imine (C=N–C) groups is 1. The molecule has 0 aliphatic rings. The van der Waals surface area contributed by atoms with Crippen LogP contribution in [0.2, 0.25) is 0 Å². The van der Waals surface area contributed by atoms with Crippen LogP contribution in [0.25, 0.3) is 0 Å². The monoisotopic (exact) mass is 282 g/mol. The summed E-state index contributed by atoms with van der Waals surface area (Å²) in [4.78, 5) is 15.3. The van der Waals surface area contributed by atoms with E-state index in [1.54, 1.807) is 19.2 Å². The number of furan rings is 1. The zero-order chi connectivity index (χ0) is 15.0. The smallest absolute Gasteiger partial charge is 0.284 e. The number of primary amides is 1. The molecule has 7 nitrogen and oxygen atoms in total. The normalized spacial score (nSPS) is 13.1. The van der Waals surface area contributed by atoms with Gasteiger partial charge in [0.25, 0.3) is 5.91 Å². The van der Waals surface area contributed by atoms with Crippen molar-refractivity contribution in [3.8, 4) is 0 Å². The summed E-state index contributed by atoms with van der Waals surface area (Å²) in [7, 11) is 1.65. The molecular formula is C13H22N4O3. The Kier molecular flexibility index (Phi) is 6.58. The number of guanidine groups is 1. The van der Waals surface area contributed by atoms with Crippen molar-refractivity contribution in [1.82, 2.24) is 10.6 Å². The third-order valence-corrected chi connectivity index (χ3v) is 2.44. The second-order valence-corrected chi connectivity index (χ2v) is 4.33. The van der Waals surface area contributed by atoms with Crippen molar-refractivity contribution in [1.29, 1.82) is 0 Å². The summed E-state index contributed by atoms with van der Waals surface area (Å²) < 4.78 is 10.3. The number of hydrogen-bond acceptors (Lipinski definition) is 4. The van der Waals surface area contributed by atoms with Crippen molar-refractivity contribution in [3.63, 3.8) is 0 Å². The van der Waals surface area contributed by atoms with E-state index >= 15 is 0 Å².